The second-order valence-electron chi connectivity index (χ2n) is 5.28. The minimum Gasteiger partial charge on any atom is -0.377 e. The molecular weight excluding hydrogens is 238 g/mol. The lowest BCUT2D eigenvalue weighted by atomic mass is 9.82. The van der Waals surface area contributed by atoms with Crippen molar-refractivity contribution in [1.29, 1.82) is 0 Å². The van der Waals surface area contributed by atoms with Crippen LogP contribution >= 0.6 is 0 Å². The first kappa shape index (κ1) is 12.2. The highest BCUT2D eigenvalue weighted by Crippen LogP contribution is 2.37. The first-order valence-electron chi connectivity index (χ1n) is 6.75. The Morgan fingerprint density at radius 3 is 2.68 bits per heavy atom. The van der Waals surface area contributed by atoms with E-state index < -0.39 is 0 Å². The van der Waals surface area contributed by atoms with Crippen LogP contribution in [0.25, 0.3) is 0 Å². The molecule has 1 unspecified atom stereocenters. The van der Waals surface area contributed by atoms with E-state index in [1.807, 2.05) is 37.4 Å². The summed E-state index contributed by atoms with van der Waals surface area (Å²) in [7, 11) is 1.98. The van der Waals surface area contributed by atoms with E-state index in [9.17, 15) is 9.59 Å². The molecule has 1 aliphatic heterocycles. The summed E-state index contributed by atoms with van der Waals surface area (Å²) < 4.78 is 0. The van der Waals surface area contributed by atoms with Gasteiger partial charge in [-0.3, -0.25) is 9.59 Å². The van der Waals surface area contributed by atoms with Crippen LogP contribution < -0.4 is 0 Å². The normalized spacial score (nSPS) is 22.7. The maximum Gasteiger partial charge on any atom is 0.171 e. The molecule has 0 bridgehead atoms. The third kappa shape index (κ3) is 1.99. The van der Waals surface area contributed by atoms with Crippen LogP contribution in [0.1, 0.15) is 29.6 Å². The molecule has 0 saturated heterocycles. The van der Waals surface area contributed by atoms with Gasteiger partial charge in [0.2, 0.25) is 0 Å². The van der Waals surface area contributed by atoms with Crippen LogP contribution in [-0.2, 0) is 4.79 Å². The molecule has 0 spiro atoms. The van der Waals surface area contributed by atoms with Crippen molar-refractivity contribution < 1.29 is 9.59 Å². The lowest BCUT2D eigenvalue weighted by Crippen LogP contribution is -2.30. The zero-order chi connectivity index (χ0) is 13.4. The standard InChI is InChI=1S/C16H17NO2/c1-17-10-9-12-14(18)8-7-13(15(12)17)16(19)11-5-3-2-4-6-11/h2-6,13H,7-10H2,1H3. The average Bonchev–Trinajstić information content (AvgIpc) is 2.83. The molecule has 0 radical (unpaired) electrons. The van der Waals surface area contributed by atoms with Crippen LogP contribution in [0.5, 0.6) is 0 Å². The minimum atomic E-state index is -0.136. The fourth-order valence-electron chi connectivity index (χ4n) is 3.14. The molecule has 0 fully saturated rings. The van der Waals surface area contributed by atoms with Crippen molar-refractivity contribution in [2.24, 2.45) is 5.92 Å². The van der Waals surface area contributed by atoms with E-state index in [0.29, 0.717) is 12.8 Å². The maximum absolute atomic E-state index is 12.6. The van der Waals surface area contributed by atoms with E-state index in [2.05, 4.69) is 4.90 Å². The van der Waals surface area contributed by atoms with Crippen molar-refractivity contribution in [1.82, 2.24) is 4.90 Å². The zero-order valence-electron chi connectivity index (χ0n) is 11.1. The number of carbonyl (C=O) groups is 2. The topological polar surface area (TPSA) is 37.4 Å². The molecule has 3 rings (SSSR count). The van der Waals surface area contributed by atoms with Crippen molar-refractivity contribution in [3.63, 3.8) is 0 Å². The third-order valence-electron chi connectivity index (χ3n) is 4.12. The van der Waals surface area contributed by atoms with Crippen LogP contribution in [0.3, 0.4) is 0 Å². The Hall–Kier alpha value is -1.90. The lowest BCUT2D eigenvalue weighted by molar-refractivity contribution is -0.116. The summed E-state index contributed by atoms with van der Waals surface area (Å²) in [5.41, 5.74) is 2.61. The Balaban J connectivity index is 1.97. The average molecular weight is 255 g/mol. The smallest absolute Gasteiger partial charge is 0.171 e. The Bertz CT molecular complexity index is 559. The number of ketones is 2. The van der Waals surface area contributed by atoms with Gasteiger partial charge in [0.15, 0.2) is 11.6 Å². The highest BCUT2D eigenvalue weighted by molar-refractivity contribution is 6.04. The molecule has 1 heterocycles. The number of rotatable bonds is 2. The fourth-order valence-corrected chi connectivity index (χ4v) is 3.14. The fraction of sp³-hybridized carbons (Fsp3) is 0.375. The molecule has 0 aromatic heterocycles. The van der Waals surface area contributed by atoms with E-state index in [0.717, 1.165) is 29.8 Å². The first-order valence-corrected chi connectivity index (χ1v) is 6.75. The van der Waals surface area contributed by atoms with Crippen LogP contribution in [0, 0.1) is 5.92 Å². The van der Waals surface area contributed by atoms with Crippen LogP contribution in [-0.4, -0.2) is 30.1 Å². The number of carbonyl (C=O) groups excluding carboxylic acids is 2. The van der Waals surface area contributed by atoms with E-state index in [1.165, 1.54) is 0 Å². The van der Waals surface area contributed by atoms with Gasteiger partial charge in [-0.15, -0.1) is 0 Å². The van der Waals surface area contributed by atoms with Gasteiger partial charge in [0, 0.05) is 36.8 Å². The van der Waals surface area contributed by atoms with Crippen molar-refractivity contribution in [3.05, 3.63) is 47.2 Å². The number of allylic oxidation sites excluding steroid dienone is 1. The van der Waals surface area contributed by atoms with E-state index in [4.69, 9.17) is 0 Å². The number of nitrogens with zero attached hydrogens (tertiary/aromatic N) is 1. The predicted molar refractivity (Wildman–Crippen MR) is 72.8 cm³/mol. The summed E-state index contributed by atoms with van der Waals surface area (Å²) in [5, 5.41) is 0. The summed E-state index contributed by atoms with van der Waals surface area (Å²) in [6.45, 7) is 0.856. The third-order valence-corrected chi connectivity index (χ3v) is 4.12. The Labute approximate surface area is 112 Å². The second kappa shape index (κ2) is 4.65. The number of Topliss-reactive ketones (excluding diaryl/α,β-unsaturated/α-hetero) is 2. The largest absolute Gasteiger partial charge is 0.377 e. The van der Waals surface area contributed by atoms with Crippen LogP contribution in [0.15, 0.2) is 41.6 Å². The second-order valence-corrected chi connectivity index (χ2v) is 5.28. The van der Waals surface area contributed by atoms with Gasteiger partial charge in [0.25, 0.3) is 0 Å². The Morgan fingerprint density at radius 2 is 1.95 bits per heavy atom. The van der Waals surface area contributed by atoms with Gasteiger partial charge in [0.1, 0.15) is 0 Å². The van der Waals surface area contributed by atoms with E-state index in [1.54, 1.807) is 0 Å². The number of hydrogen-bond donors (Lipinski definition) is 0. The molecule has 0 saturated carbocycles. The first-order chi connectivity index (χ1) is 9.18. The summed E-state index contributed by atoms with van der Waals surface area (Å²) in [5.74, 6) is 0.244. The quantitative estimate of drug-likeness (QED) is 0.762. The van der Waals surface area contributed by atoms with Crippen molar-refractivity contribution in [2.75, 3.05) is 13.6 Å². The highest BCUT2D eigenvalue weighted by Gasteiger charge is 2.37. The summed E-state index contributed by atoms with van der Waals surface area (Å²) in [6.07, 6.45) is 1.95. The van der Waals surface area contributed by atoms with Crippen LogP contribution in [0.2, 0.25) is 0 Å². The van der Waals surface area contributed by atoms with Gasteiger partial charge in [-0.25, -0.2) is 0 Å². The molecular formula is C16H17NO2. The molecule has 3 nitrogen and oxygen atoms in total. The van der Waals surface area contributed by atoms with Crippen molar-refractivity contribution in [2.45, 2.75) is 19.3 Å². The van der Waals surface area contributed by atoms with Gasteiger partial charge in [-0.05, 0) is 12.8 Å². The van der Waals surface area contributed by atoms with Gasteiger partial charge < -0.3 is 4.90 Å². The van der Waals surface area contributed by atoms with Crippen LogP contribution in [0.4, 0.5) is 0 Å². The maximum atomic E-state index is 12.6. The SMILES string of the molecule is CN1CCC2=C1C(C(=O)c1ccccc1)CCC2=O. The monoisotopic (exact) mass is 255 g/mol. The molecule has 1 aliphatic carbocycles. The lowest BCUT2D eigenvalue weighted by Gasteiger charge is -2.27. The molecule has 1 aromatic rings. The minimum absolute atomic E-state index is 0.136. The molecule has 2 aliphatic rings. The molecule has 19 heavy (non-hydrogen) atoms. The predicted octanol–water partition coefficient (Wildman–Crippen LogP) is 2.44. The van der Waals surface area contributed by atoms with E-state index in [-0.39, 0.29) is 17.5 Å². The van der Waals surface area contributed by atoms with Crippen molar-refractivity contribution >= 4 is 11.6 Å². The molecule has 0 N–H and O–H groups in total. The van der Waals surface area contributed by atoms with Gasteiger partial charge in [-0.1, -0.05) is 30.3 Å². The number of benzene rings is 1. The Kier molecular flexibility index (Phi) is 2.97. The summed E-state index contributed by atoms with van der Waals surface area (Å²) in [4.78, 5) is 26.6. The summed E-state index contributed by atoms with van der Waals surface area (Å²) >= 11 is 0. The molecule has 1 aromatic carbocycles. The molecule has 1 atom stereocenters. The molecule has 3 heteroatoms. The molecule has 98 valence electrons. The highest BCUT2D eigenvalue weighted by atomic mass is 16.1. The van der Waals surface area contributed by atoms with Gasteiger partial charge in [-0.2, -0.15) is 0 Å². The molecule has 0 amide bonds. The number of hydrogen-bond acceptors (Lipinski definition) is 3. The van der Waals surface area contributed by atoms with E-state index >= 15 is 0 Å². The summed E-state index contributed by atoms with van der Waals surface area (Å²) in [6, 6.07) is 9.39. The Morgan fingerprint density at radius 1 is 1.21 bits per heavy atom. The van der Waals surface area contributed by atoms with Gasteiger partial charge in [0.05, 0.1) is 5.92 Å². The zero-order valence-corrected chi connectivity index (χ0v) is 11.1. The van der Waals surface area contributed by atoms with Crippen molar-refractivity contribution in [3.8, 4) is 0 Å². The van der Waals surface area contributed by atoms with Gasteiger partial charge >= 0.3 is 0 Å².